The highest BCUT2D eigenvalue weighted by atomic mass is 15.2. The van der Waals surface area contributed by atoms with Crippen LogP contribution < -0.4 is 0 Å². The van der Waals surface area contributed by atoms with Crippen LogP contribution in [0.15, 0.2) is 48.9 Å². The number of benzene rings is 1. The fourth-order valence-corrected chi connectivity index (χ4v) is 3.88. The van der Waals surface area contributed by atoms with Crippen LogP contribution in [0, 0.1) is 0 Å². The van der Waals surface area contributed by atoms with Gasteiger partial charge in [-0.05, 0) is 38.5 Å². The van der Waals surface area contributed by atoms with Gasteiger partial charge in [-0.15, -0.1) is 0 Å². The second-order valence-corrected chi connectivity index (χ2v) is 7.65. The Morgan fingerprint density at radius 2 is 1.78 bits per heavy atom. The fraction of sp³-hybridized carbons (Fsp3) is 0.455. The molecule has 0 unspecified atom stereocenters. The molecule has 0 spiro atoms. The Bertz CT molecular complexity index is 850. The molecular formula is C22H29N5. The maximum Gasteiger partial charge on any atom is 0.162 e. The number of likely N-dealkylation sites (tertiary alicyclic amines) is 1. The molecule has 0 N–H and O–H groups in total. The van der Waals surface area contributed by atoms with Crippen LogP contribution in [-0.2, 0) is 6.54 Å². The molecule has 5 nitrogen and oxygen atoms in total. The zero-order chi connectivity index (χ0) is 18.5. The van der Waals surface area contributed by atoms with E-state index in [9.17, 15) is 0 Å². The van der Waals surface area contributed by atoms with Crippen molar-refractivity contribution in [2.24, 2.45) is 0 Å². The predicted molar refractivity (Wildman–Crippen MR) is 110 cm³/mol. The number of rotatable bonds is 6. The van der Waals surface area contributed by atoms with Crippen LogP contribution in [-0.4, -0.2) is 57.6 Å². The fourth-order valence-electron chi connectivity index (χ4n) is 3.88. The van der Waals surface area contributed by atoms with E-state index in [4.69, 9.17) is 4.98 Å². The summed E-state index contributed by atoms with van der Waals surface area (Å²) in [6.07, 6.45) is 11.5. The molecule has 1 fully saturated rings. The lowest BCUT2D eigenvalue weighted by atomic mass is 10.1. The number of nitrogens with zero attached hydrogens (tertiary/aromatic N) is 5. The molecule has 0 bridgehead atoms. The van der Waals surface area contributed by atoms with Crippen LogP contribution in [0.4, 0.5) is 0 Å². The van der Waals surface area contributed by atoms with Crippen molar-refractivity contribution < 1.29 is 0 Å². The largest absolute Gasteiger partial charge is 0.302 e. The van der Waals surface area contributed by atoms with Crippen molar-refractivity contribution >= 4 is 5.65 Å². The summed E-state index contributed by atoms with van der Waals surface area (Å²) in [6.45, 7) is 5.67. The van der Waals surface area contributed by atoms with Crippen LogP contribution in [0.3, 0.4) is 0 Å². The maximum absolute atomic E-state index is 4.70. The normalized spacial score (nSPS) is 16.1. The molecule has 1 aliphatic rings. The Labute approximate surface area is 161 Å². The van der Waals surface area contributed by atoms with Crippen molar-refractivity contribution in [2.45, 2.75) is 32.2 Å². The van der Waals surface area contributed by atoms with E-state index in [2.05, 4.69) is 40.3 Å². The average Bonchev–Trinajstić information content (AvgIpc) is 2.93. The zero-order valence-corrected chi connectivity index (χ0v) is 16.2. The molecule has 1 aliphatic heterocycles. The molecule has 0 amide bonds. The van der Waals surface area contributed by atoms with E-state index in [0.29, 0.717) is 0 Å². The highest BCUT2D eigenvalue weighted by molar-refractivity contribution is 5.76. The molecule has 2 aromatic heterocycles. The molecule has 27 heavy (non-hydrogen) atoms. The Hall–Kier alpha value is -2.24. The average molecular weight is 364 g/mol. The summed E-state index contributed by atoms with van der Waals surface area (Å²) in [6, 6.07) is 10.3. The van der Waals surface area contributed by atoms with Crippen molar-refractivity contribution in [3.05, 3.63) is 54.5 Å². The monoisotopic (exact) mass is 363 g/mol. The Kier molecular flexibility index (Phi) is 5.80. The topological polar surface area (TPSA) is 36.7 Å². The maximum atomic E-state index is 4.70. The lowest BCUT2D eigenvalue weighted by Gasteiger charge is -2.24. The highest BCUT2D eigenvalue weighted by Crippen LogP contribution is 2.22. The summed E-state index contributed by atoms with van der Waals surface area (Å²) in [5.41, 5.74) is 4.35. The van der Waals surface area contributed by atoms with Crippen LogP contribution in [0.5, 0.6) is 0 Å². The van der Waals surface area contributed by atoms with Crippen LogP contribution in [0.1, 0.15) is 31.2 Å². The van der Waals surface area contributed by atoms with Gasteiger partial charge < -0.3 is 9.80 Å². The molecule has 5 heteroatoms. The summed E-state index contributed by atoms with van der Waals surface area (Å²) >= 11 is 0. The van der Waals surface area contributed by atoms with E-state index >= 15 is 0 Å². The minimum atomic E-state index is 0.900. The molecule has 142 valence electrons. The predicted octanol–water partition coefficient (Wildman–Crippen LogP) is 3.70. The van der Waals surface area contributed by atoms with Crippen LogP contribution in [0.25, 0.3) is 16.8 Å². The van der Waals surface area contributed by atoms with E-state index in [1.165, 1.54) is 44.3 Å². The van der Waals surface area contributed by atoms with Gasteiger partial charge in [-0.1, -0.05) is 43.2 Å². The first-order valence-electron chi connectivity index (χ1n) is 10.1. The molecule has 0 atom stereocenters. The number of likely N-dealkylation sites (N-methyl/N-ethyl adjacent to an activating group) is 1. The smallest absolute Gasteiger partial charge is 0.162 e. The molecular weight excluding hydrogens is 334 g/mol. The van der Waals surface area contributed by atoms with E-state index in [0.717, 1.165) is 36.4 Å². The van der Waals surface area contributed by atoms with Gasteiger partial charge >= 0.3 is 0 Å². The van der Waals surface area contributed by atoms with Gasteiger partial charge in [0, 0.05) is 43.2 Å². The molecule has 1 saturated heterocycles. The summed E-state index contributed by atoms with van der Waals surface area (Å²) < 4.78 is 1.90. The molecule has 0 saturated carbocycles. The van der Waals surface area contributed by atoms with E-state index < -0.39 is 0 Å². The van der Waals surface area contributed by atoms with E-state index in [-0.39, 0.29) is 0 Å². The summed E-state index contributed by atoms with van der Waals surface area (Å²) in [7, 11) is 2.19. The highest BCUT2D eigenvalue weighted by Gasteiger charge is 2.11. The number of hydrogen-bond donors (Lipinski definition) is 0. The Morgan fingerprint density at radius 1 is 1.00 bits per heavy atom. The molecule has 3 heterocycles. The lowest BCUT2D eigenvalue weighted by molar-refractivity contribution is 0.227. The SMILES string of the molecule is CN(CCN1CCCCCC1)Cc1cnc2c(-c3ccccc3)cnn2c1. The van der Waals surface area contributed by atoms with Crippen molar-refractivity contribution in [2.75, 3.05) is 33.2 Å². The van der Waals surface area contributed by atoms with E-state index in [1.807, 2.05) is 35.1 Å². The first-order chi connectivity index (χ1) is 13.3. The Morgan fingerprint density at radius 3 is 2.56 bits per heavy atom. The third-order valence-electron chi connectivity index (χ3n) is 5.44. The van der Waals surface area contributed by atoms with Gasteiger partial charge in [0.2, 0.25) is 0 Å². The molecule has 4 rings (SSSR count). The van der Waals surface area contributed by atoms with Gasteiger partial charge in [0.15, 0.2) is 5.65 Å². The van der Waals surface area contributed by atoms with Crippen molar-refractivity contribution in [3.63, 3.8) is 0 Å². The molecule has 3 aromatic rings. The van der Waals surface area contributed by atoms with Crippen molar-refractivity contribution in [1.82, 2.24) is 24.4 Å². The van der Waals surface area contributed by atoms with Gasteiger partial charge in [-0.3, -0.25) is 0 Å². The van der Waals surface area contributed by atoms with Crippen LogP contribution in [0.2, 0.25) is 0 Å². The van der Waals surface area contributed by atoms with Gasteiger partial charge in [0.05, 0.1) is 6.20 Å². The number of hydrogen-bond acceptors (Lipinski definition) is 4. The second-order valence-electron chi connectivity index (χ2n) is 7.65. The minimum absolute atomic E-state index is 0.900. The third kappa shape index (κ3) is 4.54. The number of fused-ring (bicyclic) bond motifs is 1. The molecule has 0 aliphatic carbocycles. The van der Waals surface area contributed by atoms with Gasteiger partial charge in [-0.2, -0.15) is 5.10 Å². The van der Waals surface area contributed by atoms with Gasteiger partial charge in [-0.25, -0.2) is 9.50 Å². The first kappa shape index (κ1) is 18.1. The van der Waals surface area contributed by atoms with Gasteiger partial charge in [0.25, 0.3) is 0 Å². The Balaban J connectivity index is 1.39. The lowest BCUT2D eigenvalue weighted by Crippen LogP contribution is -2.33. The second kappa shape index (κ2) is 8.63. The van der Waals surface area contributed by atoms with Crippen molar-refractivity contribution in [1.29, 1.82) is 0 Å². The standard InChI is InChI=1S/C22H29N5/c1-25(13-14-26-11-7-2-3-8-12-26)17-19-15-23-22-21(16-24-27(22)18-19)20-9-5-4-6-10-20/h4-6,9-10,15-16,18H,2-3,7-8,11-14,17H2,1H3. The quantitative estimate of drug-likeness (QED) is 0.669. The minimum Gasteiger partial charge on any atom is -0.302 e. The molecule has 0 radical (unpaired) electrons. The van der Waals surface area contributed by atoms with Crippen molar-refractivity contribution in [3.8, 4) is 11.1 Å². The summed E-state index contributed by atoms with van der Waals surface area (Å²) in [5.74, 6) is 0. The van der Waals surface area contributed by atoms with Crippen LogP contribution >= 0.6 is 0 Å². The summed E-state index contributed by atoms with van der Waals surface area (Å²) in [5, 5.41) is 4.52. The first-order valence-corrected chi connectivity index (χ1v) is 10.1. The van der Waals surface area contributed by atoms with Gasteiger partial charge in [0.1, 0.15) is 0 Å². The molecule has 1 aromatic carbocycles. The number of aromatic nitrogens is 3. The van der Waals surface area contributed by atoms with E-state index in [1.54, 1.807) is 0 Å². The zero-order valence-electron chi connectivity index (χ0n) is 16.2. The summed E-state index contributed by atoms with van der Waals surface area (Å²) in [4.78, 5) is 9.70. The third-order valence-corrected chi connectivity index (χ3v) is 5.44.